The van der Waals surface area contributed by atoms with Crippen LogP contribution in [0.25, 0.3) is 0 Å². The van der Waals surface area contributed by atoms with E-state index < -0.39 is 0 Å². The number of hydrogen-bond acceptors (Lipinski definition) is 1. The lowest BCUT2D eigenvalue weighted by Crippen LogP contribution is -1.97. The van der Waals surface area contributed by atoms with E-state index in [1.165, 1.54) is 12.1 Å². The zero-order valence-corrected chi connectivity index (χ0v) is 9.46. The molecule has 1 aromatic carbocycles. The molecule has 0 bridgehead atoms. The summed E-state index contributed by atoms with van der Waals surface area (Å²) in [6, 6.07) is 6.25. The van der Waals surface area contributed by atoms with Gasteiger partial charge in [0.05, 0.1) is 6.61 Å². The van der Waals surface area contributed by atoms with Crippen LogP contribution in [0.2, 0.25) is 0 Å². The molecule has 0 aliphatic carbocycles. The molecule has 0 N–H and O–H groups in total. The third-order valence-corrected chi connectivity index (χ3v) is 2.36. The van der Waals surface area contributed by atoms with E-state index in [0.717, 1.165) is 17.3 Å². The number of hydrogen-bond donors (Lipinski definition) is 0. The summed E-state index contributed by atoms with van der Waals surface area (Å²) in [5.41, 5.74) is 0. The highest BCUT2D eigenvalue weighted by Gasteiger charge is 1.94. The number of alkyl halides is 1. The average molecular weight is 294 g/mol. The van der Waals surface area contributed by atoms with E-state index in [9.17, 15) is 4.39 Å². The second kappa shape index (κ2) is 6.18. The smallest absolute Gasteiger partial charge is 0.126 e. The fourth-order valence-electron chi connectivity index (χ4n) is 0.943. The third kappa shape index (κ3) is 4.45. The minimum Gasteiger partial charge on any atom is -0.493 e. The van der Waals surface area contributed by atoms with E-state index in [0.29, 0.717) is 12.4 Å². The molecule has 0 amide bonds. The Bertz CT molecular complexity index is 252. The number of ether oxygens (including phenoxy) is 1. The Hall–Kier alpha value is -0.320. The van der Waals surface area contributed by atoms with Gasteiger partial charge in [0, 0.05) is 6.07 Å². The predicted octanol–water partition coefficient (Wildman–Crippen LogP) is 3.42. The van der Waals surface area contributed by atoms with Gasteiger partial charge in [-0.25, -0.2) is 4.39 Å². The molecular formula is C10H12FIO. The Kier molecular flexibility index (Phi) is 5.12. The van der Waals surface area contributed by atoms with Crippen LogP contribution in [0.15, 0.2) is 24.3 Å². The topological polar surface area (TPSA) is 9.23 Å². The number of unbranched alkanes of at least 4 members (excludes halogenated alkanes) is 1. The summed E-state index contributed by atoms with van der Waals surface area (Å²) in [6.45, 7) is 0.673. The molecular weight excluding hydrogens is 282 g/mol. The minimum absolute atomic E-state index is 0.244. The normalized spacial score (nSPS) is 10.0. The fourth-order valence-corrected chi connectivity index (χ4v) is 1.48. The van der Waals surface area contributed by atoms with Gasteiger partial charge in [-0.2, -0.15) is 0 Å². The van der Waals surface area contributed by atoms with Crippen LogP contribution in [0.1, 0.15) is 12.8 Å². The van der Waals surface area contributed by atoms with Gasteiger partial charge in [0.1, 0.15) is 11.6 Å². The molecule has 3 heteroatoms. The van der Waals surface area contributed by atoms with Crippen molar-refractivity contribution in [3.8, 4) is 5.75 Å². The van der Waals surface area contributed by atoms with Crippen LogP contribution >= 0.6 is 22.6 Å². The van der Waals surface area contributed by atoms with Crippen LogP contribution in [0.3, 0.4) is 0 Å². The first-order chi connectivity index (χ1) is 6.33. The molecule has 13 heavy (non-hydrogen) atoms. The van der Waals surface area contributed by atoms with Gasteiger partial charge in [0.2, 0.25) is 0 Å². The summed E-state index contributed by atoms with van der Waals surface area (Å²) in [7, 11) is 0. The van der Waals surface area contributed by atoms with Gasteiger partial charge in [-0.1, -0.05) is 28.7 Å². The highest BCUT2D eigenvalue weighted by atomic mass is 127. The van der Waals surface area contributed by atoms with Gasteiger partial charge < -0.3 is 4.74 Å². The van der Waals surface area contributed by atoms with E-state index in [1.807, 2.05) is 0 Å². The SMILES string of the molecule is Fc1cccc(OCCCCI)c1. The first-order valence-corrected chi connectivity index (χ1v) is 5.80. The van der Waals surface area contributed by atoms with Gasteiger partial charge in [-0.3, -0.25) is 0 Å². The van der Waals surface area contributed by atoms with Crippen LogP contribution in [0, 0.1) is 5.82 Å². The zero-order chi connectivity index (χ0) is 9.52. The van der Waals surface area contributed by atoms with Crippen molar-refractivity contribution in [2.75, 3.05) is 11.0 Å². The maximum absolute atomic E-state index is 12.7. The molecule has 1 nitrogen and oxygen atoms in total. The molecule has 0 saturated heterocycles. The van der Waals surface area contributed by atoms with Crippen LogP contribution in [-0.2, 0) is 0 Å². The Morgan fingerprint density at radius 3 is 2.85 bits per heavy atom. The molecule has 0 aliphatic heterocycles. The Balaban J connectivity index is 2.28. The van der Waals surface area contributed by atoms with E-state index in [1.54, 1.807) is 12.1 Å². The fraction of sp³-hybridized carbons (Fsp3) is 0.400. The summed E-state index contributed by atoms with van der Waals surface area (Å²) in [5.74, 6) is 0.375. The maximum Gasteiger partial charge on any atom is 0.126 e. The molecule has 1 aromatic rings. The van der Waals surface area contributed by atoms with Crippen molar-refractivity contribution in [3.05, 3.63) is 30.1 Å². The quantitative estimate of drug-likeness (QED) is 0.459. The first-order valence-electron chi connectivity index (χ1n) is 4.27. The molecule has 0 atom stereocenters. The van der Waals surface area contributed by atoms with Gasteiger partial charge in [0.15, 0.2) is 0 Å². The van der Waals surface area contributed by atoms with E-state index >= 15 is 0 Å². The van der Waals surface area contributed by atoms with Crippen LogP contribution in [0.5, 0.6) is 5.75 Å². The van der Waals surface area contributed by atoms with Gasteiger partial charge in [-0.15, -0.1) is 0 Å². The summed E-state index contributed by atoms with van der Waals surface area (Å²) in [6.07, 6.45) is 2.18. The van der Waals surface area contributed by atoms with E-state index in [2.05, 4.69) is 22.6 Å². The zero-order valence-electron chi connectivity index (χ0n) is 7.30. The number of halogens is 2. The van der Waals surface area contributed by atoms with Crippen molar-refractivity contribution in [2.24, 2.45) is 0 Å². The first kappa shape index (κ1) is 10.8. The number of benzene rings is 1. The lowest BCUT2D eigenvalue weighted by atomic mass is 10.3. The Labute approximate surface area is 91.4 Å². The second-order valence-electron chi connectivity index (χ2n) is 2.70. The molecule has 0 radical (unpaired) electrons. The molecule has 0 aromatic heterocycles. The largest absolute Gasteiger partial charge is 0.493 e. The Morgan fingerprint density at radius 2 is 2.15 bits per heavy atom. The summed E-state index contributed by atoms with van der Waals surface area (Å²) < 4.78 is 19.1. The highest BCUT2D eigenvalue weighted by Crippen LogP contribution is 2.12. The van der Waals surface area contributed by atoms with E-state index in [-0.39, 0.29) is 5.82 Å². The molecule has 0 unspecified atom stereocenters. The van der Waals surface area contributed by atoms with E-state index in [4.69, 9.17) is 4.74 Å². The monoisotopic (exact) mass is 294 g/mol. The van der Waals surface area contributed by atoms with Gasteiger partial charge >= 0.3 is 0 Å². The average Bonchev–Trinajstić information content (AvgIpc) is 2.13. The lowest BCUT2D eigenvalue weighted by molar-refractivity contribution is 0.308. The molecule has 0 heterocycles. The molecule has 0 spiro atoms. The summed E-state index contributed by atoms with van der Waals surface area (Å²) in [4.78, 5) is 0. The minimum atomic E-state index is -0.244. The summed E-state index contributed by atoms with van der Waals surface area (Å²) >= 11 is 2.33. The third-order valence-electron chi connectivity index (χ3n) is 1.59. The predicted molar refractivity (Wildman–Crippen MR) is 60.0 cm³/mol. The van der Waals surface area contributed by atoms with Gasteiger partial charge in [0.25, 0.3) is 0 Å². The number of rotatable bonds is 5. The molecule has 1 rings (SSSR count). The van der Waals surface area contributed by atoms with Crippen molar-refractivity contribution in [1.82, 2.24) is 0 Å². The van der Waals surface area contributed by atoms with Crippen molar-refractivity contribution in [1.29, 1.82) is 0 Å². The van der Waals surface area contributed by atoms with Crippen LogP contribution in [0.4, 0.5) is 4.39 Å². The van der Waals surface area contributed by atoms with Crippen molar-refractivity contribution in [2.45, 2.75) is 12.8 Å². The molecule has 0 saturated carbocycles. The maximum atomic E-state index is 12.7. The Morgan fingerprint density at radius 1 is 1.31 bits per heavy atom. The van der Waals surface area contributed by atoms with Crippen molar-refractivity contribution < 1.29 is 9.13 Å². The van der Waals surface area contributed by atoms with Crippen molar-refractivity contribution >= 4 is 22.6 Å². The van der Waals surface area contributed by atoms with Crippen LogP contribution in [-0.4, -0.2) is 11.0 Å². The molecule has 72 valence electrons. The van der Waals surface area contributed by atoms with Crippen LogP contribution < -0.4 is 4.74 Å². The molecule has 0 fully saturated rings. The second-order valence-corrected chi connectivity index (χ2v) is 3.78. The standard InChI is InChI=1S/C10H12FIO/c11-9-4-3-5-10(8-9)13-7-2-1-6-12/h3-5,8H,1-2,6-7H2. The summed E-state index contributed by atoms with van der Waals surface area (Å²) in [5, 5.41) is 0. The van der Waals surface area contributed by atoms with Gasteiger partial charge in [-0.05, 0) is 29.4 Å². The molecule has 0 aliphatic rings. The highest BCUT2D eigenvalue weighted by molar-refractivity contribution is 14.1. The van der Waals surface area contributed by atoms with Crippen molar-refractivity contribution in [3.63, 3.8) is 0 Å². The lowest BCUT2D eigenvalue weighted by Gasteiger charge is -2.04.